The van der Waals surface area contributed by atoms with E-state index >= 15 is 0 Å². The van der Waals surface area contributed by atoms with Crippen molar-refractivity contribution >= 4 is 18.4 Å². The molecule has 0 aliphatic carbocycles. The summed E-state index contributed by atoms with van der Waals surface area (Å²) in [4.78, 5) is 10.8. The molecule has 72 valence electrons. The number of esters is 1. The number of aliphatic hydroxyl groups is 1. The topological polar surface area (TPSA) is 58.6 Å². The van der Waals surface area contributed by atoms with Crippen molar-refractivity contribution in [1.29, 1.82) is 0 Å². The van der Waals surface area contributed by atoms with Crippen molar-refractivity contribution in [1.82, 2.24) is 5.32 Å². The van der Waals surface area contributed by atoms with Crippen LogP contribution in [0, 0.1) is 5.92 Å². The van der Waals surface area contributed by atoms with Crippen molar-refractivity contribution in [3.63, 3.8) is 0 Å². The van der Waals surface area contributed by atoms with Gasteiger partial charge in [-0.1, -0.05) is 0 Å². The summed E-state index contributed by atoms with van der Waals surface area (Å²) in [5.41, 5.74) is 0. The Morgan fingerprint density at radius 1 is 1.67 bits per heavy atom. The van der Waals surface area contributed by atoms with Crippen LogP contribution in [0.5, 0.6) is 0 Å². The maximum atomic E-state index is 10.8. The summed E-state index contributed by atoms with van der Waals surface area (Å²) < 4.78 is 4.48. The van der Waals surface area contributed by atoms with Crippen LogP contribution in [-0.2, 0) is 9.53 Å². The summed E-state index contributed by atoms with van der Waals surface area (Å²) in [5, 5.41) is 12.3. The van der Waals surface area contributed by atoms with Gasteiger partial charge in [-0.3, -0.25) is 4.79 Å². The number of carbonyl (C=O) groups excluding carboxylic acids is 1. The van der Waals surface area contributed by atoms with Crippen LogP contribution in [-0.4, -0.2) is 37.4 Å². The number of nitrogens with one attached hydrogen (secondary N) is 1. The van der Waals surface area contributed by atoms with Crippen molar-refractivity contribution in [2.45, 2.75) is 12.5 Å². The van der Waals surface area contributed by atoms with E-state index in [1.165, 1.54) is 7.11 Å². The fourth-order valence-electron chi connectivity index (χ4n) is 1.22. The molecule has 4 nitrogen and oxygen atoms in total. The molecule has 1 rings (SSSR count). The summed E-state index contributed by atoms with van der Waals surface area (Å²) in [5.74, 6) is -0.222. The molecule has 0 amide bonds. The second kappa shape index (κ2) is 5.35. The minimum Gasteiger partial charge on any atom is -0.469 e. The molecule has 1 heterocycles. The van der Waals surface area contributed by atoms with E-state index in [9.17, 15) is 9.90 Å². The fourth-order valence-corrected chi connectivity index (χ4v) is 1.22. The molecule has 1 saturated heterocycles. The van der Waals surface area contributed by atoms with Gasteiger partial charge in [0.2, 0.25) is 0 Å². The van der Waals surface area contributed by atoms with Gasteiger partial charge in [-0.2, -0.15) is 0 Å². The van der Waals surface area contributed by atoms with E-state index in [0.29, 0.717) is 19.5 Å². The lowest BCUT2D eigenvalue weighted by Gasteiger charge is -2.10. The van der Waals surface area contributed by atoms with Crippen LogP contribution in [0.1, 0.15) is 6.42 Å². The van der Waals surface area contributed by atoms with Crippen LogP contribution in [0.15, 0.2) is 0 Å². The van der Waals surface area contributed by atoms with Gasteiger partial charge in [0.25, 0.3) is 0 Å². The molecule has 1 aliphatic heterocycles. The first-order valence-electron chi connectivity index (χ1n) is 3.69. The van der Waals surface area contributed by atoms with Gasteiger partial charge in [-0.05, 0) is 0 Å². The third-order valence-corrected chi connectivity index (χ3v) is 1.96. The first-order valence-corrected chi connectivity index (χ1v) is 3.69. The molecule has 12 heavy (non-hydrogen) atoms. The number of β-amino-alcohol motifs (C(OH)–C–C–N with tert-alkyl or cyclic N) is 1. The number of ether oxygens (including phenoxy) is 1. The van der Waals surface area contributed by atoms with E-state index < -0.39 is 6.10 Å². The van der Waals surface area contributed by atoms with Gasteiger partial charge in [0.1, 0.15) is 0 Å². The highest BCUT2D eigenvalue weighted by molar-refractivity contribution is 5.85. The molecule has 2 unspecified atom stereocenters. The van der Waals surface area contributed by atoms with Gasteiger partial charge in [-0.25, -0.2) is 0 Å². The number of carbonyl (C=O) groups is 1. The standard InChI is InChI=1S/C7H13NO3.ClH/c1-11-7(10)2-5-3-8-4-6(5)9;/h5-6,8-9H,2-4H2,1H3;1H. The number of hydrogen-bond donors (Lipinski definition) is 2. The summed E-state index contributed by atoms with van der Waals surface area (Å²) in [7, 11) is 1.36. The Kier molecular flexibility index (Phi) is 5.20. The second-order valence-electron chi connectivity index (χ2n) is 2.77. The Hall–Kier alpha value is -0.320. The smallest absolute Gasteiger partial charge is 0.305 e. The summed E-state index contributed by atoms with van der Waals surface area (Å²) in [6.45, 7) is 1.29. The molecule has 0 aromatic rings. The molecule has 2 N–H and O–H groups in total. The number of hydrogen-bond acceptors (Lipinski definition) is 4. The molecular formula is C7H14ClNO3. The van der Waals surface area contributed by atoms with E-state index in [1.54, 1.807) is 0 Å². The van der Waals surface area contributed by atoms with Gasteiger partial charge in [0, 0.05) is 19.0 Å². The highest BCUT2D eigenvalue weighted by Gasteiger charge is 2.27. The van der Waals surface area contributed by atoms with Gasteiger partial charge in [0.15, 0.2) is 0 Å². The largest absolute Gasteiger partial charge is 0.469 e. The van der Waals surface area contributed by atoms with Crippen LogP contribution in [0.4, 0.5) is 0 Å². The van der Waals surface area contributed by atoms with Crippen molar-refractivity contribution in [3.05, 3.63) is 0 Å². The van der Waals surface area contributed by atoms with Crippen LogP contribution in [0.2, 0.25) is 0 Å². The van der Waals surface area contributed by atoms with Gasteiger partial charge >= 0.3 is 5.97 Å². The lowest BCUT2D eigenvalue weighted by Crippen LogP contribution is -2.21. The molecule has 0 bridgehead atoms. The third-order valence-electron chi connectivity index (χ3n) is 1.96. The predicted molar refractivity (Wildman–Crippen MR) is 46.2 cm³/mol. The molecule has 0 radical (unpaired) electrons. The Labute approximate surface area is 77.7 Å². The van der Waals surface area contributed by atoms with Crippen LogP contribution < -0.4 is 5.32 Å². The minimum atomic E-state index is -0.394. The first-order chi connectivity index (χ1) is 5.24. The molecule has 2 atom stereocenters. The van der Waals surface area contributed by atoms with E-state index in [0.717, 1.165) is 0 Å². The Balaban J connectivity index is 0.00000121. The molecule has 5 heteroatoms. The van der Waals surface area contributed by atoms with Crippen LogP contribution in [0.25, 0.3) is 0 Å². The highest BCUT2D eigenvalue weighted by atomic mass is 35.5. The van der Waals surface area contributed by atoms with Gasteiger partial charge in [-0.15, -0.1) is 12.4 Å². The Bertz CT molecular complexity index is 154. The fraction of sp³-hybridized carbons (Fsp3) is 0.857. The van der Waals surface area contributed by atoms with E-state index in [-0.39, 0.29) is 24.3 Å². The molecule has 0 aromatic heterocycles. The van der Waals surface area contributed by atoms with Crippen LogP contribution in [0.3, 0.4) is 0 Å². The average Bonchev–Trinajstić information content (AvgIpc) is 2.37. The maximum Gasteiger partial charge on any atom is 0.305 e. The second-order valence-corrected chi connectivity index (χ2v) is 2.77. The number of rotatable bonds is 2. The Morgan fingerprint density at radius 2 is 2.33 bits per heavy atom. The maximum absolute atomic E-state index is 10.8. The molecule has 0 aromatic carbocycles. The van der Waals surface area contributed by atoms with Crippen molar-refractivity contribution in [3.8, 4) is 0 Å². The first kappa shape index (κ1) is 11.7. The van der Waals surface area contributed by atoms with E-state index in [1.807, 2.05) is 0 Å². The zero-order valence-electron chi connectivity index (χ0n) is 6.95. The molecule has 0 saturated carbocycles. The summed E-state index contributed by atoms with van der Waals surface area (Å²) >= 11 is 0. The Morgan fingerprint density at radius 3 is 2.75 bits per heavy atom. The zero-order valence-corrected chi connectivity index (χ0v) is 7.76. The molecule has 1 aliphatic rings. The highest BCUT2D eigenvalue weighted by Crippen LogP contribution is 2.13. The predicted octanol–water partition coefficient (Wildman–Crippen LogP) is -0.448. The third kappa shape index (κ3) is 2.97. The van der Waals surface area contributed by atoms with Gasteiger partial charge < -0.3 is 15.2 Å². The zero-order chi connectivity index (χ0) is 8.27. The summed E-state index contributed by atoms with van der Waals surface area (Å²) in [6.07, 6.45) is -0.0842. The number of methoxy groups -OCH3 is 1. The lowest BCUT2D eigenvalue weighted by atomic mass is 10.0. The SMILES string of the molecule is COC(=O)CC1CNCC1O.Cl. The minimum absolute atomic E-state index is 0. The van der Waals surface area contributed by atoms with Crippen molar-refractivity contribution in [2.75, 3.05) is 20.2 Å². The number of aliphatic hydroxyl groups excluding tert-OH is 1. The monoisotopic (exact) mass is 195 g/mol. The van der Waals surface area contributed by atoms with Gasteiger partial charge in [0.05, 0.1) is 19.6 Å². The number of halogens is 1. The molecular weight excluding hydrogens is 182 g/mol. The van der Waals surface area contributed by atoms with E-state index in [2.05, 4.69) is 10.1 Å². The normalized spacial score (nSPS) is 27.8. The average molecular weight is 196 g/mol. The van der Waals surface area contributed by atoms with Crippen molar-refractivity contribution < 1.29 is 14.6 Å². The molecule has 1 fully saturated rings. The lowest BCUT2D eigenvalue weighted by molar-refractivity contribution is -0.142. The summed E-state index contributed by atoms with van der Waals surface area (Å²) in [6, 6.07) is 0. The van der Waals surface area contributed by atoms with E-state index in [4.69, 9.17) is 0 Å². The van der Waals surface area contributed by atoms with Crippen molar-refractivity contribution in [2.24, 2.45) is 5.92 Å². The molecule has 0 spiro atoms. The van der Waals surface area contributed by atoms with Crippen LogP contribution >= 0.6 is 12.4 Å². The quantitative estimate of drug-likeness (QED) is 0.587.